The lowest BCUT2D eigenvalue weighted by Gasteiger charge is -2.09. The van der Waals surface area contributed by atoms with Gasteiger partial charge in [-0.25, -0.2) is 4.98 Å². The van der Waals surface area contributed by atoms with E-state index in [1.807, 2.05) is 47.0 Å². The zero-order chi connectivity index (χ0) is 17.9. The van der Waals surface area contributed by atoms with Gasteiger partial charge in [-0.05, 0) is 36.2 Å². The Balaban J connectivity index is 1.37. The average Bonchev–Trinajstić information content (AvgIpc) is 3.26. The molecule has 4 rings (SSSR count). The third-order valence-corrected chi connectivity index (χ3v) is 4.52. The molecule has 2 heterocycles. The van der Waals surface area contributed by atoms with Crippen LogP contribution in [0, 0.1) is 0 Å². The molecule has 0 saturated heterocycles. The van der Waals surface area contributed by atoms with Gasteiger partial charge in [0.15, 0.2) is 11.5 Å². The molecule has 134 valence electrons. The first-order valence-corrected chi connectivity index (χ1v) is 8.84. The van der Waals surface area contributed by atoms with Crippen LogP contribution in [0.4, 0.5) is 0 Å². The summed E-state index contributed by atoms with van der Waals surface area (Å²) in [5.41, 5.74) is 3.03. The molecule has 0 radical (unpaired) electrons. The Morgan fingerprint density at radius 2 is 2.04 bits per heavy atom. The number of nitrogens with zero attached hydrogens (tertiary/aromatic N) is 2. The summed E-state index contributed by atoms with van der Waals surface area (Å²) >= 11 is 0. The Bertz CT molecular complexity index is 949. The molecule has 0 unspecified atom stereocenters. The molecule has 1 N–H and O–H groups in total. The number of carbonyl (C=O) groups is 1. The third-order valence-electron chi connectivity index (χ3n) is 4.52. The summed E-state index contributed by atoms with van der Waals surface area (Å²) in [7, 11) is 0. The smallest absolute Gasteiger partial charge is 0.240 e. The molecule has 0 atom stereocenters. The van der Waals surface area contributed by atoms with E-state index in [1.165, 1.54) is 0 Å². The van der Waals surface area contributed by atoms with Gasteiger partial charge in [0.2, 0.25) is 12.7 Å². The van der Waals surface area contributed by atoms with Gasteiger partial charge in [-0.15, -0.1) is 0 Å². The third kappa shape index (κ3) is 3.22. The van der Waals surface area contributed by atoms with E-state index in [1.54, 1.807) is 0 Å². The van der Waals surface area contributed by atoms with Crippen LogP contribution < -0.4 is 14.8 Å². The molecule has 0 spiro atoms. The van der Waals surface area contributed by atoms with Gasteiger partial charge in [0, 0.05) is 13.0 Å². The van der Waals surface area contributed by atoms with Crippen LogP contribution in [-0.2, 0) is 24.2 Å². The number of fused-ring (bicyclic) bond motifs is 2. The van der Waals surface area contributed by atoms with E-state index in [0.717, 1.165) is 46.8 Å². The molecule has 0 fully saturated rings. The fourth-order valence-electron chi connectivity index (χ4n) is 3.21. The average molecular weight is 351 g/mol. The van der Waals surface area contributed by atoms with E-state index in [4.69, 9.17) is 9.47 Å². The first kappa shape index (κ1) is 16.4. The number of hydrogen-bond acceptors (Lipinski definition) is 4. The molecular weight excluding hydrogens is 330 g/mol. The second-order valence-electron chi connectivity index (χ2n) is 6.24. The van der Waals surface area contributed by atoms with Crippen LogP contribution >= 0.6 is 0 Å². The molecule has 6 heteroatoms. The largest absolute Gasteiger partial charge is 0.454 e. The van der Waals surface area contributed by atoms with E-state index in [9.17, 15) is 4.79 Å². The highest BCUT2D eigenvalue weighted by molar-refractivity contribution is 5.81. The number of nitrogens with one attached hydrogen (secondary N) is 1. The van der Waals surface area contributed by atoms with Crippen molar-refractivity contribution in [3.63, 3.8) is 0 Å². The van der Waals surface area contributed by atoms with Crippen molar-refractivity contribution >= 4 is 16.9 Å². The summed E-state index contributed by atoms with van der Waals surface area (Å²) in [5, 5.41) is 2.99. The van der Waals surface area contributed by atoms with Gasteiger partial charge in [0.05, 0.1) is 11.0 Å². The van der Waals surface area contributed by atoms with Crippen molar-refractivity contribution in [3.05, 3.63) is 53.9 Å². The summed E-state index contributed by atoms with van der Waals surface area (Å²) in [4.78, 5) is 17.0. The van der Waals surface area contributed by atoms with Crippen molar-refractivity contribution in [1.82, 2.24) is 14.9 Å². The van der Waals surface area contributed by atoms with Crippen molar-refractivity contribution in [3.8, 4) is 11.5 Å². The van der Waals surface area contributed by atoms with E-state index in [0.29, 0.717) is 6.54 Å². The lowest BCUT2D eigenvalue weighted by Crippen LogP contribution is -2.29. The minimum absolute atomic E-state index is 0.0106. The molecule has 1 amide bonds. The Kier molecular flexibility index (Phi) is 4.48. The highest BCUT2D eigenvalue weighted by Crippen LogP contribution is 2.32. The van der Waals surface area contributed by atoms with E-state index in [-0.39, 0.29) is 19.2 Å². The van der Waals surface area contributed by atoms with Crippen molar-refractivity contribution < 1.29 is 14.3 Å². The second kappa shape index (κ2) is 7.07. The van der Waals surface area contributed by atoms with Crippen LogP contribution in [0.3, 0.4) is 0 Å². The lowest BCUT2D eigenvalue weighted by atomic mass is 10.1. The van der Waals surface area contributed by atoms with Crippen LogP contribution in [0.1, 0.15) is 18.3 Å². The zero-order valence-corrected chi connectivity index (χ0v) is 14.7. The van der Waals surface area contributed by atoms with Crippen molar-refractivity contribution in [2.75, 3.05) is 13.3 Å². The predicted octanol–water partition coefficient (Wildman–Crippen LogP) is 2.69. The number of carbonyl (C=O) groups excluding carboxylic acids is 1. The van der Waals surface area contributed by atoms with Gasteiger partial charge in [-0.1, -0.05) is 25.1 Å². The number of imidazole rings is 1. The van der Waals surface area contributed by atoms with Gasteiger partial charge in [0.1, 0.15) is 12.4 Å². The SMILES string of the molecule is CCc1nc2ccccc2n1CC(=O)NCCc1ccc2c(c1)OCO2. The Morgan fingerprint density at radius 3 is 2.92 bits per heavy atom. The van der Waals surface area contributed by atoms with Crippen LogP contribution in [0.2, 0.25) is 0 Å². The molecule has 0 aliphatic carbocycles. The summed E-state index contributed by atoms with van der Waals surface area (Å²) < 4.78 is 12.7. The number of rotatable bonds is 6. The Morgan fingerprint density at radius 1 is 1.19 bits per heavy atom. The van der Waals surface area contributed by atoms with Crippen LogP contribution in [-0.4, -0.2) is 28.8 Å². The molecule has 3 aromatic rings. The van der Waals surface area contributed by atoms with E-state index >= 15 is 0 Å². The number of amides is 1. The molecule has 0 bridgehead atoms. The fraction of sp³-hybridized carbons (Fsp3) is 0.300. The fourth-order valence-corrected chi connectivity index (χ4v) is 3.21. The first-order chi connectivity index (χ1) is 12.7. The number of ether oxygens (including phenoxy) is 2. The summed E-state index contributed by atoms with van der Waals surface area (Å²) in [6.07, 6.45) is 1.53. The minimum atomic E-state index is -0.0106. The first-order valence-electron chi connectivity index (χ1n) is 8.84. The topological polar surface area (TPSA) is 65.4 Å². The molecular formula is C20H21N3O3. The van der Waals surface area contributed by atoms with Crippen LogP contribution in [0.25, 0.3) is 11.0 Å². The van der Waals surface area contributed by atoms with E-state index < -0.39 is 0 Å². The highest BCUT2D eigenvalue weighted by Gasteiger charge is 2.14. The molecule has 1 aromatic heterocycles. The number of aryl methyl sites for hydroxylation is 1. The Hall–Kier alpha value is -3.02. The highest BCUT2D eigenvalue weighted by atomic mass is 16.7. The zero-order valence-electron chi connectivity index (χ0n) is 14.7. The maximum Gasteiger partial charge on any atom is 0.240 e. The normalized spacial score (nSPS) is 12.5. The van der Waals surface area contributed by atoms with Crippen molar-refractivity contribution in [2.45, 2.75) is 26.3 Å². The number of benzene rings is 2. The summed E-state index contributed by atoms with van der Waals surface area (Å²) in [6, 6.07) is 13.8. The summed E-state index contributed by atoms with van der Waals surface area (Å²) in [6.45, 7) is 3.18. The molecule has 0 saturated carbocycles. The maximum atomic E-state index is 12.4. The number of aromatic nitrogens is 2. The number of hydrogen-bond donors (Lipinski definition) is 1. The quantitative estimate of drug-likeness (QED) is 0.742. The molecule has 1 aliphatic heterocycles. The molecule has 26 heavy (non-hydrogen) atoms. The molecule has 6 nitrogen and oxygen atoms in total. The van der Waals surface area contributed by atoms with Gasteiger partial charge in [-0.2, -0.15) is 0 Å². The monoisotopic (exact) mass is 351 g/mol. The van der Waals surface area contributed by atoms with Crippen molar-refractivity contribution in [1.29, 1.82) is 0 Å². The lowest BCUT2D eigenvalue weighted by molar-refractivity contribution is -0.121. The molecule has 1 aliphatic rings. The van der Waals surface area contributed by atoms with Gasteiger partial charge in [-0.3, -0.25) is 4.79 Å². The van der Waals surface area contributed by atoms with Gasteiger partial charge >= 0.3 is 0 Å². The Labute approximate surface area is 151 Å². The number of para-hydroxylation sites is 2. The predicted molar refractivity (Wildman–Crippen MR) is 98.4 cm³/mol. The minimum Gasteiger partial charge on any atom is -0.454 e. The molecule has 2 aromatic carbocycles. The van der Waals surface area contributed by atoms with Crippen LogP contribution in [0.15, 0.2) is 42.5 Å². The maximum absolute atomic E-state index is 12.4. The van der Waals surface area contributed by atoms with Crippen LogP contribution in [0.5, 0.6) is 11.5 Å². The van der Waals surface area contributed by atoms with E-state index in [2.05, 4.69) is 17.2 Å². The van der Waals surface area contributed by atoms with Gasteiger partial charge in [0.25, 0.3) is 0 Å². The van der Waals surface area contributed by atoms with Gasteiger partial charge < -0.3 is 19.4 Å². The van der Waals surface area contributed by atoms with Crippen molar-refractivity contribution in [2.24, 2.45) is 0 Å². The second-order valence-corrected chi connectivity index (χ2v) is 6.24. The standard InChI is InChI=1S/C20H21N3O3/c1-2-19-22-15-5-3-4-6-16(15)23(19)12-20(24)21-10-9-14-7-8-17-18(11-14)26-13-25-17/h3-8,11H,2,9-10,12-13H2,1H3,(H,21,24). The summed E-state index contributed by atoms with van der Waals surface area (Å²) in [5.74, 6) is 2.46.